The van der Waals surface area contributed by atoms with E-state index in [0.717, 1.165) is 6.42 Å². The molecule has 1 N–H and O–H groups in total. The maximum absolute atomic E-state index is 11.2. The van der Waals surface area contributed by atoms with Crippen LogP contribution in [0.3, 0.4) is 0 Å². The summed E-state index contributed by atoms with van der Waals surface area (Å²) in [7, 11) is 1.75. The van der Waals surface area contributed by atoms with Gasteiger partial charge in [0.05, 0.1) is 4.92 Å². The highest BCUT2D eigenvalue weighted by Crippen LogP contribution is 2.34. The molecule has 2 rings (SSSR count). The molecule has 19 heavy (non-hydrogen) atoms. The van der Waals surface area contributed by atoms with Gasteiger partial charge in [-0.25, -0.2) is 4.68 Å². The van der Waals surface area contributed by atoms with Gasteiger partial charge in [0, 0.05) is 13.1 Å². The van der Waals surface area contributed by atoms with E-state index in [9.17, 15) is 10.1 Å². The summed E-state index contributed by atoms with van der Waals surface area (Å²) in [6.45, 7) is 6.15. The minimum atomic E-state index is -0.346. The van der Waals surface area contributed by atoms with Crippen LogP contribution in [0, 0.1) is 28.9 Å². The predicted molar refractivity (Wildman–Crippen MR) is 74.2 cm³/mol. The van der Waals surface area contributed by atoms with Crippen molar-refractivity contribution >= 4 is 11.5 Å². The molecule has 0 spiro atoms. The quantitative estimate of drug-likeness (QED) is 0.674. The van der Waals surface area contributed by atoms with Crippen molar-refractivity contribution in [1.29, 1.82) is 0 Å². The van der Waals surface area contributed by atoms with E-state index in [1.807, 2.05) is 0 Å². The van der Waals surface area contributed by atoms with E-state index < -0.39 is 0 Å². The van der Waals surface area contributed by atoms with Crippen LogP contribution in [0.25, 0.3) is 0 Å². The van der Waals surface area contributed by atoms with Crippen molar-refractivity contribution in [1.82, 2.24) is 9.78 Å². The normalized spacial score (nSPS) is 27.3. The Labute approximate surface area is 113 Å². The fourth-order valence-electron chi connectivity index (χ4n) is 2.99. The second-order valence-corrected chi connectivity index (χ2v) is 5.68. The number of hydrogen-bond acceptors (Lipinski definition) is 4. The maximum atomic E-state index is 11.2. The molecule has 0 aliphatic heterocycles. The summed E-state index contributed by atoms with van der Waals surface area (Å²) in [5, 5.41) is 18.7. The molecular formula is C13H22N4O2. The monoisotopic (exact) mass is 266 g/mol. The first kappa shape index (κ1) is 13.8. The Kier molecular flexibility index (Phi) is 3.78. The zero-order chi connectivity index (χ0) is 14.2. The lowest BCUT2D eigenvalue weighted by Crippen LogP contribution is -2.35. The van der Waals surface area contributed by atoms with Gasteiger partial charge in [-0.2, -0.15) is 5.10 Å². The Morgan fingerprint density at radius 3 is 2.74 bits per heavy atom. The lowest BCUT2D eigenvalue weighted by Gasteiger charge is -2.34. The lowest BCUT2D eigenvalue weighted by atomic mass is 9.78. The number of anilines is 1. The molecule has 6 nitrogen and oxygen atoms in total. The SMILES string of the molecule is Cc1nn(C)c(NC2CCCC(C)C2C)c1[N+](=O)[O-]. The topological polar surface area (TPSA) is 73.0 Å². The minimum Gasteiger partial charge on any atom is -0.362 e. The van der Waals surface area contributed by atoms with Crippen LogP contribution in [0.2, 0.25) is 0 Å². The molecule has 1 aliphatic rings. The second kappa shape index (κ2) is 5.19. The Morgan fingerprint density at radius 1 is 1.42 bits per heavy atom. The van der Waals surface area contributed by atoms with Crippen LogP contribution < -0.4 is 5.32 Å². The number of nitrogens with one attached hydrogen (secondary N) is 1. The molecular weight excluding hydrogens is 244 g/mol. The highest BCUT2D eigenvalue weighted by Gasteiger charge is 2.31. The molecule has 1 saturated carbocycles. The van der Waals surface area contributed by atoms with E-state index in [-0.39, 0.29) is 16.7 Å². The van der Waals surface area contributed by atoms with Crippen molar-refractivity contribution in [3.63, 3.8) is 0 Å². The highest BCUT2D eigenvalue weighted by molar-refractivity contribution is 5.60. The van der Waals surface area contributed by atoms with Crippen LogP contribution in [0.5, 0.6) is 0 Å². The van der Waals surface area contributed by atoms with Crippen molar-refractivity contribution in [2.75, 3.05) is 5.32 Å². The van der Waals surface area contributed by atoms with Gasteiger partial charge in [0.25, 0.3) is 0 Å². The molecule has 1 fully saturated rings. The van der Waals surface area contributed by atoms with Gasteiger partial charge in [-0.05, 0) is 25.2 Å². The molecule has 0 saturated heterocycles. The maximum Gasteiger partial charge on any atom is 0.333 e. The number of hydrogen-bond donors (Lipinski definition) is 1. The van der Waals surface area contributed by atoms with E-state index in [1.54, 1.807) is 18.7 Å². The smallest absolute Gasteiger partial charge is 0.333 e. The molecule has 0 radical (unpaired) electrons. The van der Waals surface area contributed by atoms with Crippen LogP contribution in [0.1, 0.15) is 38.8 Å². The third-order valence-corrected chi connectivity index (χ3v) is 4.40. The standard InChI is InChI=1S/C13H22N4O2/c1-8-6-5-7-11(9(8)2)14-13-12(17(18)19)10(3)15-16(13)4/h8-9,11,14H,5-7H2,1-4H3. The van der Waals surface area contributed by atoms with Crippen molar-refractivity contribution in [3.05, 3.63) is 15.8 Å². The van der Waals surface area contributed by atoms with Crippen LogP contribution in [-0.4, -0.2) is 20.7 Å². The molecule has 3 unspecified atom stereocenters. The van der Waals surface area contributed by atoms with Crippen LogP contribution >= 0.6 is 0 Å². The summed E-state index contributed by atoms with van der Waals surface area (Å²) in [4.78, 5) is 10.8. The predicted octanol–water partition coefficient (Wildman–Crippen LogP) is 2.87. The Bertz CT molecular complexity index is 483. The Balaban J connectivity index is 2.25. The number of aromatic nitrogens is 2. The summed E-state index contributed by atoms with van der Waals surface area (Å²) in [6, 6.07) is 0.289. The van der Waals surface area contributed by atoms with E-state index in [4.69, 9.17) is 0 Å². The van der Waals surface area contributed by atoms with Gasteiger partial charge in [-0.15, -0.1) is 0 Å². The molecule has 0 aromatic carbocycles. The average molecular weight is 266 g/mol. The molecule has 0 amide bonds. The Morgan fingerprint density at radius 2 is 2.11 bits per heavy atom. The summed E-state index contributed by atoms with van der Waals surface area (Å²) in [5.74, 6) is 1.71. The molecule has 1 aromatic heterocycles. The fourth-order valence-corrected chi connectivity index (χ4v) is 2.99. The first-order valence-corrected chi connectivity index (χ1v) is 6.86. The molecule has 106 valence electrons. The summed E-state index contributed by atoms with van der Waals surface area (Å²) in [6.07, 6.45) is 3.48. The van der Waals surface area contributed by atoms with Gasteiger partial charge >= 0.3 is 5.69 Å². The van der Waals surface area contributed by atoms with Gasteiger partial charge in [-0.3, -0.25) is 10.1 Å². The van der Waals surface area contributed by atoms with Gasteiger partial charge in [-0.1, -0.05) is 26.7 Å². The number of aryl methyl sites for hydroxylation is 2. The van der Waals surface area contributed by atoms with Crippen LogP contribution in [-0.2, 0) is 7.05 Å². The van der Waals surface area contributed by atoms with Gasteiger partial charge < -0.3 is 5.32 Å². The van der Waals surface area contributed by atoms with E-state index >= 15 is 0 Å². The number of nitro groups is 1. The van der Waals surface area contributed by atoms with Crippen molar-refractivity contribution < 1.29 is 4.92 Å². The van der Waals surface area contributed by atoms with Crippen LogP contribution in [0.15, 0.2) is 0 Å². The summed E-state index contributed by atoms with van der Waals surface area (Å²) >= 11 is 0. The van der Waals surface area contributed by atoms with Gasteiger partial charge in [0.15, 0.2) is 0 Å². The molecule has 1 aliphatic carbocycles. The minimum absolute atomic E-state index is 0.105. The van der Waals surface area contributed by atoms with Crippen molar-refractivity contribution in [3.8, 4) is 0 Å². The first-order chi connectivity index (χ1) is 8.91. The van der Waals surface area contributed by atoms with E-state index in [2.05, 4.69) is 24.3 Å². The third kappa shape index (κ3) is 2.57. The lowest BCUT2D eigenvalue weighted by molar-refractivity contribution is -0.384. The Hall–Kier alpha value is -1.59. The molecule has 6 heteroatoms. The third-order valence-electron chi connectivity index (χ3n) is 4.40. The molecule has 1 heterocycles. The molecule has 0 bridgehead atoms. The van der Waals surface area contributed by atoms with Gasteiger partial charge in [0.2, 0.25) is 5.82 Å². The van der Waals surface area contributed by atoms with Crippen molar-refractivity contribution in [2.24, 2.45) is 18.9 Å². The van der Waals surface area contributed by atoms with Gasteiger partial charge in [0.1, 0.15) is 5.69 Å². The van der Waals surface area contributed by atoms with E-state index in [1.165, 1.54) is 12.8 Å². The van der Waals surface area contributed by atoms with Crippen molar-refractivity contribution in [2.45, 2.75) is 46.1 Å². The number of rotatable bonds is 3. The zero-order valence-electron chi connectivity index (χ0n) is 12.0. The average Bonchev–Trinajstić information content (AvgIpc) is 2.60. The van der Waals surface area contributed by atoms with Crippen LogP contribution in [0.4, 0.5) is 11.5 Å². The fraction of sp³-hybridized carbons (Fsp3) is 0.769. The van der Waals surface area contributed by atoms with E-state index in [0.29, 0.717) is 23.3 Å². The summed E-state index contributed by atoms with van der Waals surface area (Å²) < 4.78 is 1.58. The highest BCUT2D eigenvalue weighted by atomic mass is 16.6. The molecule has 3 atom stereocenters. The second-order valence-electron chi connectivity index (χ2n) is 5.68. The summed E-state index contributed by atoms with van der Waals surface area (Å²) in [5.41, 5.74) is 0.569. The number of nitrogens with zero attached hydrogens (tertiary/aromatic N) is 3. The molecule has 1 aromatic rings. The zero-order valence-corrected chi connectivity index (χ0v) is 12.0. The first-order valence-electron chi connectivity index (χ1n) is 6.86. The largest absolute Gasteiger partial charge is 0.362 e.